The fraction of sp³-hybridized carbons (Fsp3) is 0.125. The van der Waals surface area contributed by atoms with E-state index in [4.69, 9.17) is 20.4 Å². The molecule has 4 N–H and O–H groups in total. The predicted octanol–water partition coefficient (Wildman–Crippen LogP) is 3.40. The van der Waals surface area contributed by atoms with Crippen molar-refractivity contribution in [1.82, 2.24) is 0 Å². The van der Waals surface area contributed by atoms with Gasteiger partial charge in [0.25, 0.3) is 0 Å². The van der Waals surface area contributed by atoms with E-state index in [1.807, 2.05) is 6.07 Å². The van der Waals surface area contributed by atoms with Gasteiger partial charge in [-0.15, -0.1) is 0 Å². The number of aliphatic hydroxyl groups is 2. The zero-order chi connectivity index (χ0) is 17.7. The first-order valence-electron chi connectivity index (χ1n) is 5.99. The molecule has 0 unspecified atom stereocenters. The summed E-state index contributed by atoms with van der Waals surface area (Å²) in [6.45, 7) is 9.20. The van der Waals surface area contributed by atoms with Gasteiger partial charge in [-0.3, -0.25) is 0 Å². The molecule has 0 heterocycles. The van der Waals surface area contributed by atoms with Crippen LogP contribution in [0.25, 0.3) is 5.76 Å². The van der Waals surface area contributed by atoms with Crippen LogP contribution in [0.2, 0.25) is 0 Å². The Morgan fingerprint density at radius 2 is 1.23 bits per heavy atom. The zero-order valence-electron chi connectivity index (χ0n) is 12.5. The third-order valence-corrected chi connectivity index (χ3v) is 1.92. The maximum absolute atomic E-state index is 9.60. The Labute approximate surface area is 129 Å². The largest absolute Gasteiger partial charge is 0.512 e. The Morgan fingerprint density at radius 3 is 1.45 bits per heavy atom. The number of carboxylic acids is 2. The second-order valence-corrected chi connectivity index (χ2v) is 4.05. The van der Waals surface area contributed by atoms with Gasteiger partial charge < -0.3 is 20.4 Å². The molecule has 1 aromatic carbocycles. The van der Waals surface area contributed by atoms with Gasteiger partial charge in [-0.2, -0.15) is 0 Å². The lowest BCUT2D eigenvalue weighted by Gasteiger charge is -1.94. The molecule has 0 aliphatic heterocycles. The Morgan fingerprint density at radius 1 is 0.909 bits per heavy atom. The van der Waals surface area contributed by atoms with Gasteiger partial charge in [0.1, 0.15) is 6.26 Å². The summed E-state index contributed by atoms with van der Waals surface area (Å²) in [4.78, 5) is 19.2. The lowest BCUT2D eigenvalue weighted by atomic mass is 10.2. The van der Waals surface area contributed by atoms with Gasteiger partial charge in [-0.25, -0.2) is 9.59 Å². The van der Waals surface area contributed by atoms with Crippen LogP contribution < -0.4 is 0 Å². The summed E-state index contributed by atoms with van der Waals surface area (Å²) in [6, 6.07) is 8.84. The van der Waals surface area contributed by atoms with Crippen molar-refractivity contribution in [3.63, 3.8) is 0 Å². The summed E-state index contributed by atoms with van der Waals surface area (Å²) in [7, 11) is 0. The molecule has 22 heavy (non-hydrogen) atoms. The highest BCUT2D eigenvalue weighted by Crippen LogP contribution is 2.08. The number of carboxylic acid groups (broad SMARTS) is 2. The van der Waals surface area contributed by atoms with Crippen LogP contribution in [0.3, 0.4) is 0 Å². The van der Waals surface area contributed by atoms with E-state index in [9.17, 15) is 9.59 Å². The Bertz CT molecular complexity index is 495. The fourth-order valence-corrected chi connectivity index (χ4v) is 0.683. The molecule has 0 aromatic heterocycles. The number of aliphatic carboxylic acids is 2. The van der Waals surface area contributed by atoms with Crippen LogP contribution in [-0.2, 0) is 9.59 Å². The minimum absolute atomic E-state index is 0.111. The second kappa shape index (κ2) is 11.8. The predicted molar refractivity (Wildman–Crippen MR) is 84.6 cm³/mol. The van der Waals surface area contributed by atoms with Gasteiger partial charge >= 0.3 is 11.9 Å². The Kier molecular flexibility index (Phi) is 11.4. The van der Waals surface area contributed by atoms with E-state index in [-0.39, 0.29) is 16.9 Å². The number of carbonyl (C=O) groups is 2. The van der Waals surface area contributed by atoms with Crippen LogP contribution in [0, 0.1) is 0 Å². The van der Waals surface area contributed by atoms with Gasteiger partial charge in [-0.05, 0) is 13.8 Å². The molecule has 0 fully saturated rings. The van der Waals surface area contributed by atoms with E-state index in [0.717, 1.165) is 0 Å². The molecular formula is C16H20O6. The maximum atomic E-state index is 9.60. The van der Waals surface area contributed by atoms with Gasteiger partial charge in [0.05, 0.1) is 0 Å². The van der Waals surface area contributed by atoms with Crippen LogP contribution in [0.1, 0.15) is 19.4 Å². The van der Waals surface area contributed by atoms with Crippen LogP contribution in [0.4, 0.5) is 0 Å². The van der Waals surface area contributed by atoms with Crippen molar-refractivity contribution < 1.29 is 30.0 Å². The van der Waals surface area contributed by atoms with E-state index in [2.05, 4.69) is 13.2 Å². The van der Waals surface area contributed by atoms with Crippen molar-refractivity contribution in [3.05, 3.63) is 66.5 Å². The first kappa shape index (κ1) is 21.3. The Balaban J connectivity index is 0. The summed E-state index contributed by atoms with van der Waals surface area (Å²) in [5.74, 6) is -1.98. The topological polar surface area (TPSA) is 115 Å². The average molecular weight is 308 g/mol. The highest BCUT2D eigenvalue weighted by atomic mass is 16.4. The molecule has 0 aliphatic carbocycles. The van der Waals surface area contributed by atoms with E-state index in [1.54, 1.807) is 24.3 Å². The number of rotatable bonds is 3. The molecule has 0 bridgehead atoms. The Hall–Kier alpha value is -3.02. The monoisotopic (exact) mass is 308 g/mol. The number of aliphatic hydroxyl groups excluding tert-OH is 2. The molecule has 0 amide bonds. The minimum Gasteiger partial charge on any atom is -0.512 e. The number of benzene rings is 1. The standard InChI is InChI=1S/C8H8O2.2C4H6O2/c9-6-8(10)7-4-2-1-3-5-7;2*1-3(2)4(5)6/h1-6,9-10H;2*1H2,2H3,(H,5,6). The van der Waals surface area contributed by atoms with E-state index < -0.39 is 11.9 Å². The molecule has 1 rings (SSSR count). The molecule has 0 saturated heterocycles. The highest BCUT2D eigenvalue weighted by Gasteiger charge is 1.93. The van der Waals surface area contributed by atoms with E-state index in [1.165, 1.54) is 13.8 Å². The van der Waals surface area contributed by atoms with Crippen LogP contribution >= 0.6 is 0 Å². The van der Waals surface area contributed by atoms with E-state index in [0.29, 0.717) is 11.8 Å². The summed E-state index contributed by atoms with van der Waals surface area (Å²) in [5.41, 5.74) is 0.968. The summed E-state index contributed by atoms with van der Waals surface area (Å²) in [6.07, 6.45) is 0.676. The molecule has 0 aliphatic rings. The fourth-order valence-electron chi connectivity index (χ4n) is 0.683. The van der Waals surface area contributed by atoms with Gasteiger partial charge in [-0.1, -0.05) is 43.5 Å². The molecule has 6 heteroatoms. The third-order valence-electron chi connectivity index (χ3n) is 1.92. The molecule has 0 atom stereocenters. The number of hydrogen-bond acceptors (Lipinski definition) is 4. The quantitative estimate of drug-likeness (QED) is 0.502. The van der Waals surface area contributed by atoms with Gasteiger partial charge in [0, 0.05) is 16.7 Å². The average Bonchev–Trinajstić information content (AvgIpc) is 2.48. The van der Waals surface area contributed by atoms with Crippen LogP contribution in [-0.4, -0.2) is 32.4 Å². The minimum atomic E-state index is -0.935. The van der Waals surface area contributed by atoms with Crippen molar-refractivity contribution in [2.45, 2.75) is 13.8 Å². The molecular weight excluding hydrogens is 288 g/mol. The highest BCUT2D eigenvalue weighted by molar-refractivity contribution is 5.85. The van der Waals surface area contributed by atoms with Gasteiger partial charge in [0.15, 0.2) is 5.76 Å². The van der Waals surface area contributed by atoms with Gasteiger partial charge in [0.2, 0.25) is 0 Å². The van der Waals surface area contributed by atoms with Crippen molar-refractivity contribution in [2.75, 3.05) is 0 Å². The SMILES string of the molecule is C=C(C)C(=O)O.C=C(C)C(=O)O.OC=C(O)c1ccccc1. The first-order valence-corrected chi connectivity index (χ1v) is 5.99. The van der Waals surface area contributed by atoms with Crippen molar-refractivity contribution in [2.24, 2.45) is 0 Å². The molecule has 0 radical (unpaired) electrons. The molecule has 6 nitrogen and oxygen atoms in total. The summed E-state index contributed by atoms with van der Waals surface area (Å²) in [5, 5.41) is 33.1. The summed E-state index contributed by atoms with van der Waals surface area (Å²) >= 11 is 0. The smallest absolute Gasteiger partial charge is 0.330 e. The lowest BCUT2D eigenvalue weighted by Crippen LogP contribution is -1.92. The summed E-state index contributed by atoms with van der Waals surface area (Å²) < 4.78 is 0. The molecule has 0 saturated carbocycles. The normalized spacial score (nSPS) is 9.27. The van der Waals surface area contributed by atoms with Crippen LogP contribution in [0.5, 0.6) is 0 Å². The lowest BCUT2D eigenvalue weighted by molar-refractivity contribution is -0.133. The third kappa shape index (κ3) is 12.0. The van der Waals surface area contributed by atoms with E-state index >= 15 is 0 Å². The zero-order valence-corrected chi connectivity index (χ0v) is 12.5. The molecule has 1 aromatic rings. The molecule has 0 spiro atoms. The van der Waals surface area contributed by atoms with Crippen molar-refractivity contribution in [1.29, 1.82) is 0 Å². The number of hydrogen-bond donors (Lipinski definition) is 4. The molecule has 120 valence electrons. The van der Waals surface area contributed by atoms with Crippen molar-refractivity contribution >= 4 is 17.7 Å². The van der Waals surface area contributed by atoms with Crippen LogP contribution in [0.15, 0.2) is 60.9 Å². The first-order chi connectivity index (χ1) is 10.1. The second-order valence-electron chi connectivity index (χ2n) is 4.05. The maximum Gasteiger partial charge on any atom is 0.330 e. The van der Waals surface area contributed by atoms with Crippen molar-refractivity contribution in [3.8, 4) is 0 Å².